The lowest BCUT2D eigenvalue weighted by atomic mass is 9.95. The molecule has 2 N–H and O–H groups in total. The van der Waals surface area contributed by atoms with Crippen LogP contribution in [-0.4, -0.2) is 67.9 Å². The minimum absolute atomic E-state index is 0.0635. The molecule has 0 saturated carbocycles. The first kappa shape index (κ1) is 12.9. The van der Waals surface area contributed by atoms with Crippen LogP contribution in [0.5, 0.6) is 0 Å². The van der Waals surface area contributed by atoms with Gasteiger partial charge in [0.1, 0.15) is 12.6 Å². The zero-order valence-electron chi connectivity index (χ0n) is 10.1. The number of nitrogens with zero attached hydrogens (tertiary/aromatic N) is 1. The number of rotatable bonds is 3. The van der Waals surface area contributed by atoms with Gasteiger partial charge in [0, 0.05) is 6.42 Å². The van der Waals surface area contributed by atoms with E-state index < -0.39 is 23.5 Å². The summed E-state index contributed by atoms with van der Waals surface area (Å²) in [5, 5.41) is 12.0. The van der Waals surface area contributed by atoms with Crippen molar-refractivity contribution in [3.8, 4) is 0 Å². The average molecular weight is 231 g/mol. The van der Waals surface area contributed by atoms with Crippen LogP contribution in [0.15, 0.2) is 0 Å². The van der Waals surface area contributed by atoms with E-state index in [1.54, 1.807) is 0 Å². The molecule has 92 valence electrons. The molecule has 0 unspecified atom stereocenters. The molecule has 0 spiro atoms. The molecule has 1 saturated heterocycles. The predicted molar refractivity (Wildman–Crippen MR) is 56.4 cm³/mol. The Kier molecular flexibility index (Phi) is 3.25. The summed E-state index contributed by atoms with van der Waals surface area (Å²) in [6.45, 7) is 0.377. The highest BCUT2D eigenvalue weighted by Crippen LogP contribution is 2.24. The molecule has 6 nitrogen and oxygen atoms in total. The van der Waals surface area contributed by atoms with Crippen LogP contribution in [0, 0.1) is 0 Å². The number of hydrogen-bond donors (Lipinski definition) is 2. The van der Waals surface area contributed by atoms with Crippen molar-refractivity contribution < 1.29 is 23.9 Å². The number of amides is 1. The molecule has 1 heterocycles. The van der Waals surface area contributed by atoms with E-state index in [2.05, 4.69) is 5.32 Å². The maximum Gasteiger partial charge on any atom is 0.337 e. The second-order valence-electron chi connectivity index (χ2n) is 5.23. The molecule has 0 bridgehead atoms. The summed E-state index contributed by atoms with van der Waals surface area (Å²) in [7, 11) is 6.99. The number of carbonyl (C=O) groups excluding carboxylic acids is 2. The Labute approximate surface area is 94.8 Å². The van der Waals surface area contributed by atoms with Crippen molar-refractivity contribution in [3.05, 3.63) is 0 Å². The maximum absolute atomic E-state index is 11.7. The molecule has 0 aromatic heterocycles. The average Bonchev–Trinajstić information content (AvgIpc) is 2.39. The minimum atomic E-state index is -1.13. The summed E-state index contributed by atoms with van der Waals surface area (Å²) in [5.74, 6) is -1.02. The molecule has 0 aromatic carbocycles. The standard InChI is InChI=1S/C10H18N2O4/c1-12(2,3)6-10(9(15)16-4)5-7(13)8(14)11-10/h7,13H,5-6H2,1-4H3/p+1/t7-,10-/m0/s1. The van der Waals surface area contributed by atoms with E-state index in [-0.39, 0.29) is 6.42 Å². The molecule has 1 amide bonds. The Balaban J connectivity index is 2.96. The molecule has 1 fully saturated rings. The lowest BCUT2D eigenvalue weighted by molar-refractivity contribution is -0.873. The van der Waals surface area contributed by atoms with E-state index in [1.165, 1.54) is 7.11 Å². The van der Waals surface area contributed by atoms with Crippen LogP contribution >= 0.6 is 0 Å². The number of hydrogen-bond acceptors (Lipinski definition) is 4. The molecule has 16 heavy (non-hydrogen) atoms. The van der Waals surface area contributed by atoms with Gasteiger partial charge in [-0.15, -0.1) is 0 Å². The Morgan fingerprint density at radius 1 is 1.62 bits per heavy atom. The van der Waals surface area contributed by atoms with E-state index in [0.717, 1.165) is 0 Å². The van der Waals surface area contributed by atoms with Crippen LogP contribution in [0.2, 0.25) is 0 Å². The molecule has 0 aromatic rings. The fourth-order valence-electron chi connectivity index (χ4n) is 2.10. The van der Waals surface area contributed by atoms with Crippen LogP contribution in [0.1, 0.15) is 6.42 Å². The van der Waals surface area contributed by atoms with Gasteiger partial charge in [-0.05, 0) is 0 Å². The van der Waals surface area contributed by atoms with Gasteiger partial charge in [0.15, 0.2) is 5.54 Å². The zero-order chi connectivity index (χ0) is 12.6. The molecule has 1 aliphatic heterocycles. The number of quaternary nitrogens is 1. The molecule has 1 rings (SSSR count). The number of carbonyl (C=O) groups is 2. The van der Waals surface area contributed by atoms with Crippen molar-refractivity contribution in [3.63, 3.8) is 0 Å². The Morgan fingerprint density at radius 2 is 2.19 bits per heavy atom. The molecular weight excluding hydrogens is 212 g/mol. The molecular formula is C10H19N2O4+. The third-order valence-corrected chi connectivity index (χ3v) is 2.53. The van der Waals surface area contributed by atoms with Gasteiger partial charge in [-0.25, -0.2) is 4.79 Å². The topological polar surface area (TPSA) is 75.6 Å². The summed E-state index contributed by atoms with van der Waals surface area (Å²) in [6.07, 6.45) is -1.07. The van der Waals surface area contributed by atoms with Gasteiger partial charge in [-0.1, -0.05) is 0 Å². The van der Waals surface area contributed by atoms with Gasteiger partial charge in [-0.3, -0.25) is 4.79 Å². The van der Waals surface area contributed by atoms with E-state index in [1.807, 2.05) is 21.1 Å². The maximum atomic E-state index is 11.7. The largest absolute Gasteiger partial charge is 0.467 e. The lowest BCUT2D eigenvalue weighted by Crippen LogP contribution is -2.60. The van der Waals surface area contributed by atoms with Crippen molar-refractivity contribution in [2.75, 3.05) is 34.8 Å². The van der Waals surface area contributed by atoms with E-state index in [0.29, 0.717) is 11.0 Å². The molecule has 1 aliphatic rings. The van der Waals surface area contributed by atoms with Crippen LogP contribution < -0.4 is 5.32 Å². The number of aliphatic hydroxyl groups is 1. The lowest BCUT2D eigenvalue weighted by Gasteiger charge is -2.34. The van der Waals surface area contributed by atoms with Crippen LogP contribution in [0.25, 0.3) is 0 Å². The first-order chi connectivity index (χ1) is 7.20. The Hall–Kier alpha value is -1.14. The third kappa shape index (κ3) is 2.51. The summed E-state index contributed by atoms with van der Waals surface area (Å²) >= 11 is 0. The molecule has 6 heteroatoms. The van der Waals surface area contributed by atoms with Gasteiger partial charge < -0.3 is 19.6 Å². The van der Waals surface area contributed by atoms with Crippen molar-refractivity contribution in [1.82, 2.24) is 5.32 Å². The monoisotopic (exact) mass is 231 g/mol. The van der Waals surface area contributed by atoms with E-state index >= 15 is 0 Å². The van der Waals surface area contributed by atoms with E-state index in [4.69, 9.17) is 4.74 Å². The fourth-order valence-corrected chi connectivity index (χ4v) is 2.10. The summed E-state index contributed by atoms with van der Waals surface area (Å²) < 4.78 is 5.19. The highest BCUT2D eigenvalue weighted by molar-refractivity contribution is 5.94. The van der Waals surface area contributed by atoms with Gasteiger partial charge >= 0.3 is 5.97 Å². The molecule has 0 aliphatic carbocycles. The van der Waals surface area contributed by atoms with Crippen LogP contribution in [-0.2, 0) is 14.3 Å². The highest BCUT2D eigenvalue weighted by Gasteiger charge is 2.53. The van der Waals surface area contributed by atoms with Crippen molar-refractivity contribution >= 4 is 11.9 Å². The first-order valence-electron chi connectivity index (χ1n) is 5.09. The van der Waals surface area contributed by atoms with E-state index in [9.17, 15) is 14.7 Å². The third-order valence-electron chi connectivity index (χ3n) is 2.53. The van der Waals surface area contributed by atoms with Crippen molar-refractivity contribution in [1.29, 1.82) is 0 Å². The van der Waals surface area contributed by atoms with Gasteiger partial charge in [-0.2, -0.15) is 0 Å². The SMILES string of the molecule is COC(=O)[C@@]1(C[N+](C)(C)C)C[C@H](O)C(=O)N1. The number of methoxy groups -OCH3 is 1. The second kappa shape index (κ2) is 4.03. The van der Waals surface area contributed by atoms with Crippen LogP contribution in [0.3, 0.4) is 0 Å². The van der Waals surface area contributed by atoms with Gasteiger partial charge in [0.2, 0.25) is 5.91 Å². The normalized spacial score (nSPS) is 30.1. The molecule has 2 atom stereocenters. The van der Waals surface area contributed by atoms with Gasteiger partial charge in [0.25, 0.3) is 0 Å². The molecule has 0 radical (unpaired) electrons. The zero-order valence-corrected chi connectivity index (χ0v) is 10.1. The minimum Gasteiger partial charge on any atom is -0.467 e. The number of aliphatic hydroxyl groups excluding tert-OH is 1. The summed E-state index contributed by atoms with van der Waals surface area (Å²) in [5.41, 5.74) is -1.11. The Morgan fingerprint density at radius 3 is 2.50 bits per heavy atom. The van der Waals surface area contributed by atoms with Crippen molar-refractivity contribution in [2.24, 2.45) is 0 Å². The van der Waals surface area contributed by atoms with Gasteiger partial charge in [0.05, 0.1) is 28.3 Å². The number of likely N-dealkylation sites (N-methyl/N-ethyl adjacent to an activating group) is 1. The first-order valence-corrected chi connectivity index (χ1v) is 5.09. The number of esters is 1. The fraction of sp³-hybridized carbons (Fsp3) is 0.800. The Bertz CT molecular complexity index is 310. The summed E-state index contributed by atoms with van der Waals surface area (Å²) in [4.78, 5) is 23.1. The van der Waals surface area contributed by atoms with Crippen LogP contribution in [0.4, 0.5) is 0 Å². The summed E-state index contributed by atoms with van der Waals surface area (Å²) in [6, 6.07) is 0. The number of ether oxygens (including phenoxy) is 1. The number of nitrogens with one attached hydrogen (secondary N) is 1. The highest BCUT2D eigenvalue weighted by atomic mass is 16.5. The predicted octanol–water partition coefficient (Wildman–Crippen LogP) is -1.51. The second-order valence-corrected chi connectivity index (χ2v) is 5.23. The van der Waals surface area contributed by atoms with Crippen molar-refractivity contribution in [2.45, 2.75) is 18.1 Å². The quantitative estimate of drug-likeness (QED) is 0.457. The smallest absolute Gasteiger partial charge is 0.337 e.